The summed E-state index contributed by atoms with van der Waals surface area (Å²) >= 11 is 0. The van der Waals surface area contributed by atoms with E-state index in [0.29, 0.717) is 0 Å². The molecule has 0 rings (SSSR count). The minimum absolute atomic E-state index is 0.543. The van der Waals surface area contributed by atoms with E-state index in [0.717, 1.165) is 0 Å². The first-order valence-electron chi connectivity index (χ1n) is 3.47. The van der Waals surface area contributed by atoms with E-state index in [1.54, 1.807) is 0 Å². The summed E-state index contributed by atoms with van der Waals surface area (Å²) in [6.45, 7) is -1.84. The average Bonchev–Trinajstić information content (AvgIpc) is 2.11. The predicted octanol–water partition coefficient (Wildman–Crippen LogP) is -2.97. The van der Waals surface area contributed by atoms with Crippen LogP contribution in [-0.2, 0) is 4.74 Å². The summed E-state index contributed by atoms with van der Waals surface area (Å²) in [6, 6.07) is 0. The van der Waals surface area contributed by atoms with Gasteiger partial charge in [0, 0.05) is 0 Å². The van der Waals surface area contributed by atoms with Gasteiger partial charge in [0.1, 0.15) is 25.1 Å². The Balaban J connectivity index is 3.91. The first-order chi connectivity index (χ1) is 5.67. The molecule has 0 aliphatic carbocycles. The first kappa shape index (κ1) is 11.8. The van der Waals surface area contributed by atoms with Crippen LogP contribution in [0.25, 0.3) is 0 Å². The van der Waals surface area contributed by atoms with Gasteiger partial charge >= 0.3 is 0 Å². The molecule has 6 nitrogen and oxygen atoms in total. The van der Waals surface area contributed by atoms with Crippen LogP contribution in [0.3, 0.4) is 0 Å². The minimum atomic E-state index is -1.41. The van der Waals surface area contributed by atoms with Crippen molar-refractivity contribution in [2.75, 3.05) is 20.0 Å². The highest BCUT2D eigenvalue weighted by Gasteiger charge is 2.25. The maximum Gasteiger partial charge on any atom is 0.144 e. The zero-order chi connectivity index (χ0) is 9.56. The van der Waals surface area contributed by atoms with Crippen molar-refractivity contribution in [2.45, 2.75) is 18.3 Å². The zero-order valence-electron chi connectivity index (χ0n) is 6.50. The molecule has 0 spiro atoms. The molecule has 0 aliphatic heterocycles. The Kier molecular flexibility index (Phi) is 6.17. The molecule has 0 saturated heterocycles. The molecule has 0 aromatic rings. The summed E-state index contributed by atoms with van der Waals surface area (Å²) in [5.41, 5.74) is 0. The third-order valence-corrected chi connectivity index (χ3v) is 1.43. The number of aliphatic hydroxyl groups excluding tert-OH is 5. The van der Waals surface area contributed by atoms with E-state index in [1.807, 2.05) is 0 Å². The second-order valence-corrected chi connectivity index (χ2v) is 2.26. The standard InChI is InChI=1S/C6H14O6/c7-1-4(10)6(11)5(2-8)12-3-9/h4-11H,1-3H2/t4-,5?,6+/m1/s1. The second kappa shape index (κ2) is 6.30. The van der Waals surface area contributed by atoms with E-state index >= 15 is 0 Å². The molecule has 0 saturated carbocycles. The van der Waals surface area contributed by atoms with Gasteiger partial charge in [-0.3, -0.25) is 0 Å². The van der Waals surface area contributed by atoms with Crippen molar-refractivity contribution in [1.82, 2.24) is 0 Å². The van der Waals surface area contributed by atoms with Gasteiger partial charge in [-0.1, -0.05) is 0 Å². The molecule has 12 heavy (non-hydrogen) atoms. The van der Waals surface area contributed by atoms with E-state index < -0.39 is 38.3 Å². The van der Waals surface area contributed by atoms with Gasteiger partial charge in [-0.25, -0.2) is 0 Å². The lowest BCUT2D eigenvalue weighted by Crippen LogP contribution is -2.43. The third kappa shape index (κ3) is 3.44. The van der Waals surface area contributed by atoms with Crippen LogP contribution in [0.4, 0.5) is 0 Å². The molecular weight excluding hydrogens is 168 g/mol. The lowest BCUT2D eigenvalue weighted by atomic mass is 10.1. The van der Waals surface area contributed by atoms with Crippen molar-refractivity contribution < 1.29 is 30.3 Å². The van der Waals surface area contributed by atoms with Crippen LogP contribution in [-0.4, -0.2) is 63.9 Å². The summed E-state index contributed by atoms with van der Waals surface area (Å²) in [5.74, 6) is 0. The van der Waals surface area contributed by atoms with E-state index in [9.17, 15) is 0 Å². The molecule has 3 atom stereocenters. The molecule has 5 N–H and O–H groups in total. The highest BCUT2D eigenvalue weighted by Crippen LogP contribution is 2.03. The smallest absolute Gasteiger partial charge is 0.144 e. The maximum absolute atomic E-state index is 9.10. The zero-order valence-corrected chi connectivity index (χ0v) is 6.50. The molecule has 0 radical (unpaired) electrons. The topological polar surface area (TPSA) is 110 Å². The van der Waals surface area contributed by atoms with Crippen LogP contribution < -0.4 is 0 Å². The molecule has 0 fully saturated rings. The van der Waals surface area contributed by atoms with Crippen molar-refractivity contribution in [2.24, 2.45) is 0 Å². The molecule has 74 valence electrons. The summed E-state index contributed by atoms with van der Waals surface area (Å²) in [5, 5.41) is 43.3. The lowest BCUT2D eigenvalue weighted by Gasteiger charge is -2.23. The van der Waals surface area contributed by atoms with Gasteiger partial charge in [-0.15, -0.1) is 0 Å². The number of aliphatic hydroxyl groups is 5. The third-order valence-electron chi connectivity index (χ3n) is 1.43. The fraction of sp³-hybridized carbons (Fsp3) is 1.00. The molecule has 0 bridgehead atoms. The van der Waals surface area contributed by atoms with Gasteiger partial charge in [0.15, 0.2) is 0 Å². The average molecular weight is 182 g/mol. The molecular formula is C6H14O6. The molecule has 0 amide bonds. The molecule has 6 heteroatoms. The summed E-state index contributed by atoms with van der Waals surface area (Å²) in [6.07, 6.45) is -3.88. The van der Waals surface area contributed by atoms with Gasteiger partial charge in [0.05, 0.1) is 13.2 Å². The number of rotatable bonds is 6. The van der Waals surface area contributed by atoms with Gasteiger partial charge in [0.25, 0.3) is 0 Å². The number of ether oxygens (including phenoxy) is 1. The van der Waals surface area contributed by atoms with Crippen LogP contribution in [0.2, 0.25) is 0 Å². The van der Waals surface area contributed by atoms with Gasteiger partial charge in [0.2, 0.25) is 0 Å². The van der Waals surface area contributed by atoms with Crippen LogP contribution >= 0.6 is 0 Å². The molecule has 0 aliphatic rings. The monoisotopic (exact) mass is 182 g/mol. The second-order valence-electron chi connectivity index (χ2n) is 2.26. The van der Waals surface area contributed by atoms with Gasteiger partial charge in [-0.05, 0) is 0 Å². The van der Waals surface area contributed by atoms with E-state index in [1.165, 1.54) is 0 Å². The molecule has 0 aromatic carbocycles. The minimum Gasteiger partial charge on any atom is -0.394 e. The van der Waals surface area contributed by atoms with Crippen LogP contribution in [0, 0.1) is 0 Å². The van der Waals surface area contributed by atoms with Crippen molar-refractivity contribution in [3.8, 4) is 0 Å². The van der Waals surface area contributed by atoms with Gasteiger partial charge in [-0.2, -0.15) is 0 Å². The van der Waals surface area contributed by atoms with Crippen molar-refractivity contribution >= 4 is 0 Å². The highest BCUT2D eigenvalue weighted by atomic mass is 16.6. The quantitative estimate of drug-likeness (QED) is 0.280. The fourth-order valence-electron chi connectivity index (χ4n) is 0.711. The van der Waals surface area contributed by atoms with Crippen LogP contribution in [0.1, 0.15) is 0 Å². The van der Waals surface area contributed by atoms with E-state index in [-0.39, 0.29) is 0 Å². The Morgan fingerprint density at radius 1 is 1.00 bits per heavy atom. The van der Waals surface area contributed by atoms with Crippen LogP contribution in [0.5, 0.6) is 0 Å². The largest absolute Gasteiger partial charge is 0.394 e. The van der Waals surface area contributed by atoms with Gasteiger partial charge < -0.3 is 30.3 Å². The maximum atomic E-state index is 9.10. The molecule has 0 heterocycles. The lowest BCUT2D eigenvalue weighted by molar-refractivity contribution is -0.148. The van der Waals surface area contributed by atoms with Crippen molar-refractivity contribution in [3.05, 3.63) is 0 Å². The highest BCUT2D eigenvalue weighted by molar-refractivity contribution is 4.74. The first-order valence-corrected chi connectivity index (χ1v) is 3.47. The fourth-order valence-corrected chi connectivity index (χ4v) is 0.711. The predicted molar refractivity (Wildman–Crippen MR) is 38.1 cm³/mol. The summed E-state index contributed by atoms with van der Waals surface area (Å²) in [7, 11) is 0. The molecule has 0 aromatic heterocycles. The van der Waals surface area contributed by atoms with Crippen LogP contribution in [0.15, 0.2) is 0 Å². The Labute approximate surface area is 69.6 Å². The number of hydrogen-bond donors (Lipinski definition) is 5. The van der Waals surface area contributed by atoms with E-state index in [4.69, 9.17) is 25.5 Å². The summed E-state index contributed by atoms with van der Waals surface area (Å²) < 4.78 is 4.46. The molecule has 1 unspecified atom stereocenters. The number of hydrogen-bond acceptors (Lipinski definition) is 6. The normalized spacial score (nSPS) is 18.8. The Bertz CT molecular complexity index is 108. The SMILES string of the molecule is OCOC(CO)[C@@H](O)[C@H](O)CO. The Morgan fingerprint density at radius 3 is 1.92 bits per heavy atom. The van der Waals surface area contributed by atoms with E-state index in [2.05, 4.69) is 4.74 Å². The summed E-state index contributed by atoms with van der Waals surface area (Å²) in [4.78, 5) is 0. The van der Waals surface area contributed by atoms with Crippen molar-refractivity contribution in [1.29, 1.82) is 0 Å². The Morgan fingerprint density at radius 2 is 1.58 bits per heavy atom. The Hall–Kier alpha value is -0.240. The van der Waals surface area contributed by atoms with Crippen molar-refractivity contribution in [3.63, 3.8) is 0 Å².